The topological polar surface area (TPSA) is 62.3 Å². The highest BCUT2D eigenvalue weighted by Gasteiger charge is 2.32. The zero-order chi connectivity index (χ0) is 18.8. The summed E-state index contributed by atoms with van der Waals surface area (Å²) in [6, 6.07) is 15.6. The second-order valence-corrected chi connectivity index (χ2v) is 7.92. The van der Waals surface area contributed by atoms with Crippen LogP contribution in [0, 0.1) is 0 Å². The number of para-hydroxylation sites is 1. The number of thiazole rings is 1. The number of nitrogens with one attached hydrogen (secondary N) is 1. The van der Waals surface area contributed by atoms with E-state index in [2.05, 4.69) is 16.4 Å². The van der Waals surface area contributed by atoms with E-state index in [9.17, 15) is 9.59 Å². The van der Waals surface area contributed by atoms with E-state index in [0.29, 0.717) is 6.54 Å². The Bertz CT molecular complexity index is 948. The fraction of sp³-hybridized carbons (Fsp3) is 0.286. The molecule has 0 aliphatic carbocycles. The first-order valence-electron chi connectivity index (χ1n) is 9.11. The molecule has 138 valence electrons. The molecule has 2 amide bonds. The first-order valence-corrected chi connectivity index (χ1v) is 9.93. The number of carbonyl (C=O) groups is 2. The molecular weight excluding hydrogens is 358 g/mol. The molecule has 1 saturated heterocycles. The largest absolute Gasteiger partial charge is 0.331 e. The highest BCUT2D eigenvalue weighted by molar-refractivity contribution is 7.18. The van der Waals surface area contributed by atoms with Crippen molar-refractivity contribution < 1.29 is 9.59 Å². The number of nitrogens with zero attached hydrogens (tertiary/aromatic N) is 2. The van der Waals surface area contributed by atoms with E-state index in [1.165, 1.54) is 11.6 Å². The average molecular weight is 379 g/mol. The minimum Gasteiger partial charge on any atom is -0.331 e. The molecule has 1 aliphatic heterocycles. The minimum atomic E-state index is -0.357. The van der Waals surface area contributed by atoms with Crippen LogP contribution in [0.25, 0.3) is 10.2 Å². The zero-order valence-corrected chi connectivity index (χ0v) is 16.0. The first-order chi connectivity index (χ1) is 13.1. The molecule has 3 aromatic rings. The number of hydrogen-bond donors (Lipinski definition) is 1. The van der Waals surface area contributed by atoms with Crippen molar-refractivity contribution in [2.24, 2.45) is 0 Å². The summed E-state index contributed by atoms with van der Waals surface area (Å²) in [4.78, 5) is 30.4. The van der Waals surface area contributed by atoms with Crippen molar-refractivity contribution in [1.82, 2.24) is 9.88 Å². The van der Waals surface area contributed by atoms with Crippen LogP contribution in [0.15, 0.2) is 48.5 Å². The van der Waals surface area contributed by atoms with Crippen molar-refractivity contribution in [3.05, 3.63) is 59.1 Å². The van der Waals surface area contributed by atoms with E-state index >= 15 is 0 Å². The van der Waals surface area contributed by atoms with Crippen LogP contribution in [0.3, 0.4) is 0 Å². The van der Waals surface area contributed by atoms with Crippen LogP contribution in [-0.2, 0) is 16.0 Å². The molecule has 0 radical (unpaired) electrons. The SMILES string of the molecule is CC(=O)N1CCCC1C(=O)Nc1ccc(Cc2nc3ccccc3s2)cc1. The lowest BCUT2D eigenvalue weighted by Gasteiger charge is -2.22. The van der Waals surface area contributed by atoms with Crippen LogP contribution in [0.5, 0.6) is 0 Å². The highest BCUT2D eigenvalue weighted by Crippen LogP contribution is 2.24. The van der Waals surface area contributed by atoms with Crippen molar-refractivity contribution in [1.29, 1.82) is 0 Å². The monoisotopic (exact) mass is 379 g/mol. The van der Waals surface area contributed by atoms with Gasteiger partial charge in [0.25, 0.3) is 0 Å². The van der Waals surface area contributed by atoms with E-state index in [0.717, 1.165) is 41.0 Å². The average Bonchev–Trinajstić information content (AvgIpc) is 3.29. The second kappa shape index (κ2) is 7.48. The summed E-state index contributed by atoms with van der Waals surface area (Å²) in [5.74, 6) is -0.152. The van der Waals surface area contributed by atoms with Crippen molar-refractivity contribution >= 4 is 39.1 Å². The van der Waals surface area contributed by atoms with Crippen LogP contribution in [0.2, 0.25) is 0 Å². The Morgan fingerprint density at radius 2 is 1.96 bits per heavy atom. The van der Waals surface area contributed by atoms with E-state index in [-0.39, 0.29) is 17.9 Å². The molecule has 1 fully saturated rings. The zero-order valence-electron chi connectivity index (χ0n) is 15.1. The number of hydrogen-bond acceptors (Lipinski definition) is 4. The number of rotatable bonds is 4. The van der Waals surface area contributed by atoms with Crippen molar-refractivity contribution in [3.63, 3.8) is 0 Å². The van der Waals surface area contributed by atoms with Gasteiger partial charge in [-0.1, -0.05) is 24.3 Å². The molecule has 4 rings (SSSR count). The summed E-state index contributed by atoms with van der Waals surface area (Å²) in [5.41, 5.74) is 2.94. The predicted octanol–water partition coefficient (Wildman–Crippen LogP) is 3.84. The lowest BCUT2D eigenvalue weighted by atomic mass is 10.1. The Kier molecular flexibility index (Phi) is 4.90. The summed E-state index contributed by atoms with van der Waals surface area (Å²) in [6.07, 6.45) is 2.37. The van der Waals surface area contributed by atoms with Crippen LogP contribution in [0.4, 0.5) is 5.69 Å². The maximum absolute atomic E-state index is 12.5. The normalized spacial score (nSPS) is 16.6. The number of anilines is 1. The molecule has 27 heavy (non-hydrogen) atoms. The molecule has 0 saturated carbocycles. The van der Waals surface area contributed by atoms with Crippen LogP contribution < -0.4 is 5.32 Å². The third-order valence-electron chi connectivity index (χ3n) is 4.87. The Morgan fingerprint density at radius 3 is 2.70 bits per heavy atom. The molecule has 1 atom stereocenters. The van der Waals surface area contributed by atoms with E-state index < -0.39 is 0 Å². The van der Waals surface area contributed by atoms with Crippen LogP contribution in [0.1, 0.15) is 30.3 Å². The number of likely N-dealkylation sites (tertiary alicyclic amines) is 1. The molecule has 6 heteroatoms. The number of carbonyl (C=O) groups excluding carboxylic acids is 2. The summed E-state index contributed by atoms with van der Waals surface area (Å²) in [5, 5.41) is 4.02. The maximum atomic E-state index is 12.5. The summed E-state index contributed by atoms with van der Waals surface area (Å²) in [7, 11) is 0. The van der Waals surface area contributed by atoms with Gasteiger partial charge in [-0.3, -0.25) is 9.59 Å². The quantitative estimate of drug-likeness (QED) is 0.749. The third kappa shape index (κ3) is 3.85. The predicted molar refractivity (Wildman–Crippen MR) is 108 cm³/mol. The van der Waals surface area contributed by atoms with Gasteiger partial charge in [-0.2, -0.15) is 0 Å². The molecule has 1 unspecified atom stereocenters. The molecular formula is C21H21N3O2S. The number of benzene rings is 2. The second-order valence-electron chi connectivity index (χ2n) is 6.81. The van der Waals surface area contributed by atoms with E-state index in [4.69, 9.17) is 0 Å². The van der Waals surface area contributed by atoms with Crippen molar-refractivity contribution in [2.75, 3.05) is 11.9 Å². The number of amides is 2. The van der Waals surface area contributed by atoms with Gasteiger partial charge in [0.15, 0.2) is 0 Å². The van der Waals surface area contributed by atoms with Gasteiger partial charge in [0.2, 0.25) is 11.8 Å². The van der Waals surface area contributed by atoms with Gasteiger partial charge in [-0.25, -0.2) is 4.98 Å². The van der Waals surface area contributed by atoms with Crippen LogP contribution in [-0.4, -0.2) is 34.3 Å². The molecule has 1 N–H and O–H groups in total. The van der Waals surface area contributed by atoms with Gasteiger partial charge < -0.3 is 10.2 Å². The highest BCUT2D eigenvalue weighted by atomic mass is 32.1. The van der Waals surface area contributed by atoms with Crippen molar-refractivity contribution in [3.8, 4) is 0 Å². The smallest absolute Gasteiger partial charge is 0.247 e. The number of aromatic nitrogens is 1. The Hall–Kier alpha value is -2.73. The third-order valence-corrected chi connectivity index (χ3v) is 5.91. The number of fused-ring (bicyclic) bond motifs is 1. The van der Waals surface area contributed by atoms with Gasteiger partial charge in [0, 0.05) is 25.6 Å². The molecule has 0 spiro atoms. The molecule has 2 aromatic carbocycles. The Balaban J connectivity index is 1.41. The Morgan fingerprint density at radius 1 is 1.19 bits per heavy atom. The van der Waals surface area contributed by atoms with Gasteiger partial charge in [-0.15, -0.1) is 11.3 Å². The first kappa shape index (κ1) is 17.7. The molecule has 1 aliphatic rings. The van der Waals surface area contributed by atoms with Gasteiger partial charge in [0.1, 0.15) is 6.04 Å². The van der Waals surface area contributed by atoms with Crippen LogP contribution >= 0.6 is 11.3 Å². The standard InChI is InChI=1S/C21H21N3O2S/c1-14(25)24-12-4-6-18(24)21(26)22-16-10-8-15(9-11-16)13-20-23-17-5-2-3-7-19(17)27-20/h2-3,5,7-11,18H,4,6,12-13H2,1H3,(H,22,26). The molecule has 0 bridgehead atoms. The fourth-order valence-corrected chi connectivity index (χ4v) is 4.52. The fourth-order valence-electron chi connectivity index (χ4n) is 3.52. The molecule has 1 aromatic heterocycles. The van der Waals surface area contributed by atoms with E-state index in [1.807, 2.05) is 42.5 Å². The maximum Gasteiger partial charge on any atom is 0.247 e. The Labute approximate surface area is 162 Å². The lowest BCUT2D eigenvalue weighted by molar-refractivity contribution is -0.134. The summed E-state index contributed by atoms with van der Waals surface area (Å²) < 4.78 is 1.20. The molecule has 5 nitrogen and oxygen atoms in total. The van der Waals surface area contributed by atoms with Gasteiger partial charge in [0.05, 0.1) is 15.2 Å². The van der Waals surface area contributed by atoms with Crippen molar-refractivity contribution in [2.45, 2.75) is 32.2 Å². The summed E-state index contributed by atoms with van der Waals surface area (Å²) >= 11 is 1.71. The lowest BCUT2D eigenvalue weighted by Crippen LogP contribution is -2.42. The van der Waals surface area contributed by atoms with Gasteiger partial charge >= 0.3 is 0 Å². The summed E-state index contributed by atoms with van der Waals surface area (Å²) in [6.45, 7) is 2.18. The van der Waals surface area contributed by atoms with Gasteiger partial charge in [-0.05, 0) is 42.7 Å². The molecule has 2 heterocycles. The minimum absolute atomic E-state index is 0.0427. The van der Waals surface area contributed by atoms with E-state index in [1.54, 1.807) is 16.2 Å².